The quantitative estimate of drug-likeness (QED) is 0.776. The molecule has 0 aromatic heterocycles. The van der Waals surface area contributed by atoms with Crippen molar-refractivity contribution in [3.63, 3.8) is 0 Å². The lowest BCUT2D eigenvalue weighted by Crippen LogP contribution is -2.23. The van der Waals surface area contributed by atoms with Crippen LogP contribution in [0.5, 0.6) is 0 Å². The molecule has 0 amide bonds. The first kappa shape index (κ1) is 17.0. The third-order valence-corrected chi connectivity index (χ3v) is 4.74. The molecular formula is C18H24O3S. The normalized spacial score (nSPS) is 13.6. The summed E-state index contributed by atoms with van der Waals surface area (Å²) in [6, 6.07) is 9.01. The third kappa shape index (κ3) is 3.03. The summed E-state index contributed by atoms with van der Waals surface area (Å²) in [7, 11) is -4.27. The summed E-state index contributed by atoms with van der Waals surface area (Å²) in [5, 5.41) is 1.46. The first-order chi connectivity index (χ1) is 9.83. The molecule has 0 unspecified atom stereocenters. The first-order valence-corrected chi connectivity index (χ1v) is 8.81. The van der Waals surface area contributed by atoms with E-state index in [0.717, 1.165) is 16.5 Å². The molecule has 2 rings (SSSR count). The molecule has 0 bridgehead atoms. The lowest BCUT2D eigenvalue weighted by atomic mass is 9.73. The maximum atomic E-state index is 11.8. The van der Waals surface area contributed by atoms with Crippen LogP contribution in [0.3, 0.4) is 0 Å². The van der Waals surface area contributed by atoms with Crippen LogP contribution in [0.15, 0.2) is 35.2 Å². The number of benzene rings is 2. The van der Waals surface area contributed by atoms with Gasteiger partial charge >= 0.3 is 0 Å². The Bertz CT molecular complexity index is 820. The van der Waals surface area contributed by atoms with Crippen molar-refractivity contribution >= 4 is 20.9 Å². The Morgan fingerprint density at radius 3 is 1.77 bits per heavy atom. The summed E-state index contributed by atoms with van der Waals surface area (Å²) in [6.45, 7) is 12.5. The predicted molar refractivity (Wildman–Crippen MR) is 91.2 cm³/mol. The van der Waals surface area contributed by atoms with Crippen molar-refractivity contribution in [1.82, 2.24) is 0 Å². The maximum absolute atomic E-state index is 11.8. The van der Waals surface area contributed by atoms with Crippen LogP contribution in [0.4, 0.5) is 0 Å². The number of hydrogen-bond donors (Lipinski definition) is 1. The smallest absolute Gasteiger partial charge is 0.282 e. The van der Waals surface area contributed by atoms with Gasteiger partial charge in [0.2, 0.25) is 0 Å². The summed E-state index contributed by atoms with van der Waals surface area (Å²) < 4.78 is 33.3. The van der Waals surface area contributed by atoms with Crippen LogP contribution in [-0.2, 0) is 20.9 Å². The molecule has 0 heterocycles. The van der Waals surface area contributed by atoms with Crippen LogP contribution < -0.4 is 0 Å². The predicted octanol–water partition coefficient (Wildman–Crippen LogP) is 4.68. The zero-order chi connectivity index (χ0) is 16.9. The Balaban J connectivity index is 3.12. The lowest BCUT2D eigenvalue weighted by molar-refractivity contribution is 0.483. The topological polar surface area (TPSA) is 54.4 Å². The molecule has 0 saturated carbocycles. The molecule has 4 heteroatoms. The zero-order valence-electron chi connectivity index (χ0n) is 14.1. The summed E-state index contributed by atoms with van der Waals surface area (Å²) in [5.41, 5.74) is 1.71. The van der Waals surface area contributed by atoms with Crippen LogP contribution in [0, 0.1) is 0 Å². The molecule has 22 heavy (non-hydrogen) atoms. The van der Waals surface area contributed by atoms with Crippen LogP contribution in [0.1, 0.15) is 52.7 Å². The van der Waals surface area contributed by atoms with E-state index in [2.05, 4.69) is 41.5 Å². The summed E-state index contributed by atoms with van der Waals surface area (Å²) >= 11 is 0. The fourth-order valence-corrected chi connectivity index (χ4v) is 3.68. The van der Waals surface area contributed by atoms with Gasteiger partial charge in [0.05, 0.1) is 0 Å². The molecule has 2 aromatic rings. The minimum Gasteiger partial charge on any atom is -0.282 e. The van der Waals surface area contributed by atoms with Crippen LogP contribution in [0.2, 0.25) is 0 Å². The van der Waals surface area contributed by atoms with Gasteiger partial charge in [-0.1, -0.05) is 65.8 Å². The number of hydrogen-bond acceptors (Lipinski definition) is 2. The molecule has 2 aromatic carbocycles. The van der Waals surface area contributed by atoms with Gasteiger partial charge in [0.1, 0.15) is 4.90 Å². The van der Waals surface area contributed by atoms with Crippen LogP contribution in [-0.4, -0.2) is 13.0 Å². The number of rotatable bonds is 1. The van der Waals surface area contributed by atoms with Gasteiger partial charge in [-0.2, -0.15) is 8.42 Å². The molecule has 0 saturated heterocycles. The van der Waals surface area contributed by atoms with E-state index >= 15 is 0 Å². The molecule has 0 spiro atoms. The molecular weight excluding hydrogens is 296 g/mol. The van der Waals surface area contributed by atoms with E-state index in [0.29, 0.717) is 5.39 Å². The van der Waals surface area contributed by atoms with E-state index in [1.54, 1.807) is 18.2 Å². The molecule has 0 fully saturated rings. The maximum Gasteiger partial charge on any atom is 0.295 e. The Morgan fingerprint density at radius 1 is 0.864 bits per heavy atom. The Hall–Kier alpha value is -1.39. The Kier molecular flexibility index (Phi) is 3.91. The minimum atomic E-state index is -4.27. The van der Waals surface area contributed by atoms with Crippen molar-refractivity contribution in [3.8, 4) is 0 Å². The van der Waals surface area contributed by atoms with E-state index < -0.39 is 10.1 Å². The minimum absolute atomic E-state index is 0.0129. The Morgan fingerprint density at radius 2 is 1.36 bits per heavy atom. The molecule has 0 aliphatic carbocycles. The van der Waals surface area contributed by atoms with Crippen LogP contribution in [0.25, 0.3) is 10.8 Å². The second-order valence-electron chi connectivity index (χ2n) is 7.82. The SMILES string of the molecule is CC(C)(C)c1cc(S(=O)(=O)O)c2ccccc2c1C(C)(C)C. The summed E-state index contributed by atoms with van der Waals surface area (Å²) in [4.78, 5) is -0.0129. The fraction of sp³-hybridized carbons (Fsp3) is 0.444. The van der Waals surface area contributed by atoms with Crippen molar-refractivity contribution in [2.75, 3.05) is 0 Å². The van der Waals surface area contributed by atoms with Gasteiger partial charge in [0.25, 0.3) is 10.1 Å². The molecule has 120 valence electrons. The van der Waals surface area contributed by atoms with E-state index in [1.165, 1.54) is 0 Å². The van der Waals surface area contributed by atoms with Crippen molar-refractivity contribution < 1.29 is 13.0 Å². The highest BCUT2D eigenvalue weighted by atomic mass is 32.2. The molecule has 3 nitrogen and oxygen atoms in total. The fourth-order valence-electron chi connectivity index (χ4n) is 2.96. The summed E-state index contributed by atoms with van der Waals surface area (Å²) in [5.74, 6) is 0. The second-order valence-corrected chi connectivity index (χ2v) is 9.21. The number of fused-ring (bicyclic) bond motifs is 1. The molecule has 1 N–H and O–H groups in total. The van der Waals surface area contributed by atoms with E-state index in [9.17, 15) is 13.0 Å². The zero-order valence-corrected chi connectivity index (χ0v) is 14.9. The highest BCUT2D eigenvalue weighted by Crippen LogP contribution is 2.41. The average Bonchev–Trinajstić information content (AvgIpc) is 2.33. The molecule has 0 aliphatic heterocycles. The largest absolute Gasteiger partial charge is 0.295 e. The van der Waals surface area contributed by atoms with Gasteiger partial charge in [-0.05, 0) is 33.4 Å². The van der Waals surface area contributed by atoms with Crippen molar-refractivity contribution in [2.45, 2.75) is 57.3 Å². The molecule has 0 aliphatic rings. The van der Waals surface area contributed by atoms with Gasteiger partial charge in [-0.15, -0.1) is 0 Å². The first-order valence-electron chi connectivity index (χ1n) is 7.37. The van der Waals surface area contributed by atoms with E-state index in [4.69, 9.17) is 0 Å². The van der Waals surface area contributed by atoms with Gasteiger partial charge in [-0.25, -0.2) is 0 Å². The standard InChI is InChI=1S/C18H24O3S/c1-17(2,3)14-11-15(22(19,20)21)12-9-7-8-10-13(12)16(14)18(4,5)6/h7-11H,1-6H3,(H,19,20,21). The highest BCUT2D eigenvalue weighted by Gasteiger charge is 2.30. The van der Waals surface area contributed by atoms with Crippen LogP contribution >= 0.6 is 0 Å². The third-order valence-electron chi connectivity index (χ3n) is 3.84. The van der Waals surface area contributed by atoms with Crippen molar-refractivity contribution in [3.05, 3.63) is 41.5 Å². The highest BCUT2D eigenvalue weighted by molar-refractivity contribution is 7.86. The lowest BCUT2D eigenvalue weighted by Gasteiger charge is -2.32. The van der Waals surface area contributed by atoms with Gasteiger partial charge in [0, 0.05) is 5.39 Å². The summed E-state index contributed by atoms with van der Waals surface area (Å²) in [6.07, 6.45) is 0. The van der Waals surface area contributed by atoms with Gasteiger partial charge in [-0.3, -0.25) is 4.55 Å². The Labute approximate surface area is 133 Å². The van der Waals surface area contributed by atoms with Crippen molar-refractivity contribution in [2.24, 2.45) is 0 Å². The van der Waals surface area contributed by atoms with E-state index in [-0.39, 0.29) is 15.7 Å². The van der Waals surface area contributed by atoms with Gasteiger partial charge < -0.3 is 0 Å². The van der Waals surface area contributed by atoms with Crippen molar-refractivity contribution in [1.29, 1.82) is 0 Å². The van der Waals surface area contributed by atoms with Gasteiger partial charge in [0.15, 0.2) is 0 Å². The monoisotopic (exact) mass is 320 g/mol. The second kappa shape index (κ2) is 5.07. The average molecular weight is 320 g/mol. The van der Waals surface area contributed by atoms with E-state index in [1.807, 2.05) is 12.1 Å². The molecule has 0 atom stereocenters. The molecule has 0 radical (unpaired) electrons.